The number of rotatable bonds is 7. The van der Waals surface area contributed by atoms with Crippen molar-refractivity contribution in [2.75, 3.05) is 31.1 Å². The van der Waals surface area contributed by atoms with Gasteiger partial charge < -0.3 is 14.5 Å². The number of amides is 2. The lowest BCUT2D eigenvalue weighted by Gasteiger charge is -2.34. The fourth-order valence-corrected chi connectivity index (χ4v) is 3.94. The summed E-state index contributed by atoms with van der Waals surface area (Å²) in [7, 11) is 0. The Morgan fingerprint density at radius 2 is 1.66 bits per heavy atom. The minimum absolute atomic E-state index is 0.0174. The Morgan fingerprint density at radius 3 is 2.31 bits per heavy atom. The molecule has 2 aromatic rings. The van der Waals surface area contributed by atoms with Gasteiger partial charge in [0.1, 0.15) is 0 Å². The Hall–Kier alpha value is -3.41. The van der Waals surface area contributed by atoms with Gasteiger partial charge in [-0.05, 0) is 50.5 Å². The molecular formula is C26H30N2O4. The molecule has 1 saturated heterocycles. The van der Waals surface area contributed by atoms with E-state index in [0.29, 0.717) is 43.7 Å². The first-order chi connectivity index (χ1) is 15.5. The minimum atomic E-state index is -0.431. The summed E-state index contributed by atoms with van der Waals surface area (Å²) in [5.41, 5.74) is 1.94. The van der Waals surface area contributed by atoms with Crippen LogP contribution in [0.4, 0.5) is 5.69 Å². The average Bonchev–Trinajstić information content (AvgIpc) is 2.84. The Morgan fingerprint density at radius 1 is 1.00 bits per heavy atom. The molecule has 0 bridgehead atoms. The van der Waals surface area contributed by atoms with Crippen LogP contribution in [0.25, 0.3) is 6.08 Å². The summed E-state index contributed by atoms with van der Waals surface area (Å²) < 4.78 is 5.16. The molecule has 0 aliphatic carbocycles. The average molecular weight is 435 g/mol. The molecule has 2 aromatic carbocycles. The van der Waals surface area contributed by atoms with E-state index in [1.54, 1.807) is 41.0 Å². The van der Waals surface area contributed by atoms with Crippen LogP contribution in [-0.4, -0.2) is 48.9 Å². The summed E-state index contributed by atoms with van der Waals surface area (Å²) in [5.74, 6) is -0.678. The van der Waals surface area contributed by atoms with E-state index in [1.807, 2.05) is 49.4 Å². The Bertz CT molecular complexity index is 963. The fourth-order valence-electron chi connectivity index (χ4n) is 3.94. The summed E-state index contributed by atoms with van der Waals surface area (Å²) >= 11 is 0. The molecule has 0 spiro atoms. The minimum Gasteiger partial charge on any atom is -0.462 e. The molecule has 1 fully saturated rings. The van der Waals surface area contributed by atoms with E-state index in [9.17, 15) is 14.4 Å². The molecule has 0 radical (unpaired) electrons. The van der Waals surface area contributed by atoms with Gasteiger partial charge in [-0.1, -0.05) is 42.5 Å². The van der Waals surface area contributed by atoms with Crippen LogP contribution in [0.3, 0.4) is 0 Å². The molecule has 0 unspecified atom stereocenters. The van der Waals surface area contributed by atoms with Crippen LogP contribution in [0.1, 0.15) is 42.6 Å². The molecular weight excluding hydrogens is 404 g/mol. The molecule has 1 heterocycles. The van der Waals surface area contributed by atoms with E-state index in [1.165, 1.54) is 0 Å². The van der Waals surface area contributed by atoms with Crippen LogP contribution >= 0.6 is 0 Å². The highest BCUT2D eigenvalue weighted by atomic mass is 16.5. The molecule has 0 saturated carbocycles. The summed E-state index contributed by atoms with van der Waals surface area (Å²) in [6.45, 7) is 5.45. The SMILES string of the molecule is CCOC(=O)c1ccccc1N(CC)C(=O)C1CCN(C(=O)/C=C/c2ccccc2)CC1. The topological polar surface area (TPSA) is 66.9 Å². The smallest absolute Gasteiger partial charge is 0.340 e. The van der Waals surface area contributed by atoms with Crippen molar-refractivity contribution in [3.63, 3.8) is 0 Å². The quantitative estimate of drug-likeness (QED) is 0.485. The summed E-state index contributed by atoms with van der Waals surface area (Å²) in [6, 6.07) is 16.7. The van der Waals surface area contributed by atoms with Crippen molar-refractivity contribution < 1.29 is 19.1 Å². The molecule has 1 aliphatic heterocycles. The predicted octanol–water partition coefficient (Wildman–Crippen LogP) is 4.17. The highest BCUT2D eigenvalue weighted by Gasteiger charge is 2.31. The summed E-state index contributed by atoms with van der Waals surface area (Å²) in [6.07, 6.45) is 4.60. The van der Waals surface area contributed by atoms with Gasteiger partial charge in [0.15, 0.2) is 0 Å². The van der Waals surface area contributed by atoms with Crippen LogP contribution in [0, 0.1) is 5.92 Å². The number of nitrogens with zero attached hydrogens (tertiary/aromatic N) is 2. The van der Waals surface area contributed by atoms with Gasteiger partial charge in [-0.2, -0.15) is 0 Å². The number of hydrogen-bond donors (Lipinski definition) is 0. The monoisotopic (exact) mass is 434 g/mol. The second kappa shape index (κ2) is 11.3. The van der Waals surface area contributed by atoms with Crippen molar-refractivity contribution in [1.29, 1.82) is 0 Å². The Labute approximate surface area is 189 Å². The number of benzene rings is 2. The van der Waals surface area contributed by atoms with Crippen LogP contribution < -0.4 is 4.90 Å². The van der Waals surface area contributed by atoms with Crippen molar-refractivity contribution >= 4 is 29.5 Å². The highest BCUT2D eigenvalue weighted by Crippen LogP contribution is 2.27. The van der Waals surface area contributed by atoms with Gasteiger partial charge >= 0.3 is 5.97 Å². The van der Waals surface area contributed by atoms with Crippen LogP contribution in [-0.2, 0) is 14.3 Å². The van der Waals surface area contributed by atoms with Crippen molar-refractivity contribution in [2.24, 2.45) is 5.92 Å². The number of carbonyl (C=O) groups is 3. The van der Waals surface area contributed by atoms with E-state index in [-0.39, 0.29) is 24.3 Å². The molecule has 0 atom stereocenters. The summed E-state index contributed by atoms with van der Waals surface area (Å²) in [4.78, 5) is 41.6. The molecule has 1 aliphatic rings. The molecule has 6 heteroatoms. The normalized spacial score (nSPS) is 14.4. The number of anilines is 1. The number of para-hydroxylation sites is 1. The predicted molar refractivity (Wildman–Crippen MR) is 125 cm³/mol. The number of hydrogen-bond acceptors (Lipinski definition) is 4. The first kappa shape index (κ1) is 23.3. The first-order valence-electron chi connectivity index (χ1n) is 11.1. The van der Waals surface area contributed by atoms with Crippen molar-refractivity contribution in [1.82, 2.24) is 4.90 Å². The fraction of sp³-hybridized carbons (Fsp3) is 0.346. The third-order valence-corrected chi connectivity index (χ3v) is 5.65. The second-order valence-corrected chi connectivity index (χ2v) is 7.66. The lowest BCUT2D eigenvalue weighted by Crippen LogP contribution is -2.44. The molecule has 3 rings (SSSR count). The maximum Gasteiger partial charge on any atom is 0.340 e. The molecule has 0 aromatic heterocycles. The van der Waals surface area contributed by atoms with Crippen LogP contribution in [0.15, 0.2) is 60.7 Å². The maximum absolute atomic E-state index is 13.3. The van der Waals surface area contributed by atoms with Gasteiger partial charge in [0, 0.05) is 31.6 Å². The third kappa shape index (κ3) is 5.63. The number of ether oxygens (including phenoxy) is 1. The van der Waals surface area contributed by atoms with Crippen molar-refractivity contribution in [2.45, 2.75) is 26.7 Å². The number of carbonyl (C=O) groups excluding carboxylic acids is 3. The molecule has 168 valence electrons. The second-order valence-electron chi connectivity index (χ2n) is 7.66. The molecule has 6 nitrogen and oxygen atoms in total. The lowest BCUT2D eigenvalue weighted by molar-refractivity contribution is -0.130. The highest BCUT2D eigenvalue weighted by molar-refractivity contribution is 6.03. The number of piperidine rings is 1. The van der Waals surface area contributed by atoms with E-state index in [2.05, 4.69) is 0 Å². The van der Waals surface area contributed by atoms with E-state index in [4.69, 9.17) is 4.74 Å². The number of likely N-dealkylation sites (tertiary alicyclic amines) is 1. The lowest BCUT2D eigenvalue weighted by atomic mass is 9.94. The Balaban J connectivity index is 1.64. The zero-order valence-corrected chi connectivity index (χ0v) is 18.7. The van der Waals surface area contributed by atoms with Crippen molar-refractivity contribution in [3.8, 4) is 0 Å². The molecule has 0 N–H and O–H groups in total. The van der Waals surface area contributed by atoms with Gasteiger partial charge in [-0.25, -0.2) is 4.79 Å². The standard InChI is InChI=1S/C26H30N2O4/c1-3-28(23-13-9-8-12-22(23)26(31)32-4-2)25(30)21-16-18-27(19-17-21)24(29)15-14-20-10-6-5-7-11-20/h5-15,21H,3-4,16-19H2,1-2H3/b15-14+. The number of esters is 1. The van der Waals surface area contributed by atoms with Gasteiger partial charge in [0.05, 0.1) is 17.9 Å². The Kier molecular flexibility index (Phi) is 8.20. The van der Waals surface area contributed by atoms with Crippen LogP contribution in [0.5, 0.6) is 0 Å². The zero-order valence-electron chi connectivity index (χ0n) is 18.7. The third-order valence-electron chi connectivity index (χ3n) is 5.65. The molecule has 32 heavy (non-hydrogen) atoms. The van der Waals surface area contributed by atoms with Gasteiger partial charge in [0.2, 0.25) is 11.8 Å². The van der Waals surface area contributed by atoms with E-state index in [0.717, 1.165) is 5.56 Å². The first-order valence-corrected chi connectivity index (χ1v) is 11.1. The summed E-state index contributed by atoms with van der Waals surface area (Å²) in [5, 5.41) is 0. The van der Waals surface area contributed by atoms with E-state index < -0.39 is 5.97 Å². The van der Waals surface area contributed by atoms with Gasteiger partial charge in [0.25, 0.3) is 0 Å². The maximum atomic E-state index is 13.3. The van der Waals surface area contributed by atoms with E-state index >= 15 is 0 Å². The van der Waals surface area contributed by atoms with Gasteiger partial charge in [-0.3, -0.25) is 9.59 Å². The van der Waals surface area contributed by atoms with Gasteiger partial charge in [-0.15, -0.1) is 0 Å². The largest absolute Gasteiger partial charge is 0.462 e. The molecule has 2 amide bonds. The zero-order chi connectivity index (χ0) is 22.9. The van der Waals surface area contributed by atoms with Crippen LogP contribution in [0.2, 0.25) is 0 Å². The van der Waals surface area contributed by atoms with Crippen molar-refractivity contribution in [3.05, 3.63) is 71.8 Å².